The molecule has 0 radical (unpaired) electrons. The van der Waals surface area contributed by atoms with Crippen molar-refractivity contribution in [3.05, 3.63) is 44.3 Å². The molecule has 0 unspecified atom stereocenters. The molecule has 3 rings (SSSR count). The van der Waals surface area contributed by atoms with Gasteiger partial charge in [-0.3, -0.25) is 14.9 Å². The van der Waals surface area contributed by atoms with Crippen LogP contribution >= 0.6 is 31.9 Å². The van der Waals surface area contributed by atoms with Crippen molar-refractivity contribution in [2.75, 3.05) is 0 Å². The molecule has 5 heteroatoms. The van der Waals surface area contributed by atoms with E-state index in [1.165, 1.54) is 0 Å². The summed E-state index contributed by atoms with van der Waals surface area (Å²) in [7, 11) is 0. The van der Waals surface area contributed by atoms with Crippen LogP contribution in [0.2, 0.25) is 0 Å². The maximum absolute atomic E-state index is 11.8. The average Bonchev–Trinajstić information content (AvgIpc) is 2.62. The Hall–Kier alpha value is -1.20. The van der Waals surface area contributed by atoms with Gasteiger partial charge in [-0.1, -0.05) is 24.3 Å². The fourth-order valence-corrected chi connectivity index (χ4v) is 3.18. The van der Waals surface area contributed by atoms with Crippen LogP contribution in [0.15, 0.2) is 33.2 Å². The van der Waals surface area contributed by atoms with Crippen molar-refractivity contribution in [1.29, 1.82) is 0 Å². The number of carbonyl (C=O) groups excluding carboxylic acids is 2. The Balaban J connectivity index is 2.59. The summed E-state index contributed by atoms with van der Waals surface area (Å²) in [5.74, 6) is -0.697. The number of halogens is 2. The molecule has 1 aliphatic rings. The van der Waals surface area contributed by atoms with Crippen LogP contribution in [0.3, 0.4) is 0 Å². The first-order valence-electron chi connectivity index (χ1n) is 4.86. The van der Waals surface area contributed by atoms with Crippen molar-refractivity contribution in [3.8, 4) is 0 Å². The van der Waals surface area contributed by atoms with Gasteiger partial charge in [-0.15, -0.1) is 0 Å². The zero-order valence-electron chi connectivity index (χ0n) is 8.38. The molecule has 0 saturated heterocycles. The van der Waals surface area contributed by atoms with Crippen LogP contribution in [0.25, 0.3) is 10.8 Å². The Kier molecular flexibility index (Phi) is 2.34. The summed E-state index contributed by atoms with van der Waals surface area (Å²) in [5, 5.41) is 4.00. The summed E-state index contributed by atoms with van der Waals surface area (Å²) in [6.45, 7) is 0. The van der Waals surface area contributed by atoms with Crippen molar-refractivity contribution in [1.82, 2.24) is 5.32 Å². The number of rotatable bonds is 0. The van der Waals surface area contributed by atoms with E-state index in [2.05, 4.69) is 37.2 Å². The lowest BCUT2D eigenvalue weighted by atomic mass is 10.0. The lowest BCUT2D eigenvalue weighted by Gasteiger charge is -2.07. The van der Waals surface area contributed by atoms with Crippen LogP contribution in [0.5, 0.6) is 0 Å². The van der Waals surface area contributed by atoms with Crippen molar-refractivity contribution in [2.45, 2.75) is 0 Å². The van der Waals surface area contributed by atoms with E-state index in [-0.39, 0.29) is 11.8 Å². The summed E-state index contributed by atoms with van der Waals surface area (Å²) in [6, 6.07) is 7.48. The van der Waals surface area contributed by atoms with Gasteiger partial charge in [0.15, 0.2) is 0 Å². The van der Waals surface area contributed by atoms with E-state index in [1.807, 2.05) is 24.3 Å². The van der Waals surface area contributed by atoms with E-state index in [0.717, 1.165) is 15.2 Å². The Labute approximate surface area is 113 Å². The van der Waals surface area contributed by atoms with E-state index >= 15 is 0 Å². The number of hydrogen-bond acceptors (Lipinski definition) is 2. The quantitative estimate of drug-likeness (QED) is 0.738. The van der Waals surface area contributed by atoms with Crippen molar-refractivity contribution in [3.63, 3.8) is 0 Å². The summed E-state index contributed by atoms with van der Waals surface area (Å²) >= 11 is 6.80. The molecule has 0 saturated carbocycles. The Morgan fingerprint density at radius 2 is 1.41 bits per heavy atom. The van der Waals surface area contributed by atoms with Crippen LogP contribution in [-0.4, -0.2) is 11.8 Å². The third-order valence-electron chi connectivity index (χ3n) is 2.78. The maximum atomic E-state index is 11.8. The molecule has 0 aliphatic carbocycles. The summed E-state index contributed by atoms with van der Waals surface area (Å²) in [4.78, 5) is 23.5. The molecule has 0 spiro atoms. The normalized spacial score (nSPS) is 14.0. The minimum atomic E-state index is -0.358. The topological polar surface area (TPSA) is 46.2 Å². The zero-order valence-corrected chi connectivity index (χ0v) is 11.6. The summed E-state index contributed by atoms with van der Waals surface area (Å²) < 4.78 is 1.41. The minimum Gasteiger partial charge on any atom is -0.288 e. The van der Waals surface area contributed by atoms with E-state index in [4.69, 9.17) is 0 Å². The van der Waals surface area contributed by atoms with Crippen LogP contribution in [-0.2, 0) is 0 Å². The first kappa shape index (κ1) is 10.9. The Morgan fingerprint density at radius 1 is 0.824 bits per heavy atom. The van der Waals surface area contributed by atoms with Gasteiger partial charge in [-0.05, 0) is 42.6 Å². The summed E-state index contributed by atoms with van der Waals surface area (Å²) in [5.41, 5.74) is 0.848. The van der Waals surface area contributed by atoms with Crippen molar-refractivity contribution < 1.29 is 9.59 Å². The third-order valence-corrected chi connectivity index (χ3v) is 4.92. The molecular formula is C12H5Br2NO2. The molecule has 84 valence electrons. The second kappa shape index (κ2) is 3.65. The number of fused-ring (bicyclic) bond motifs is 3. The monoisotopic (exact) mass is 353 g/mol. The second-order valence-corrected chi connectivity index (χ2v) is 5.29. The SMILES string of the molecule is O=C1NC(=O)c2c1c(Br)c(Br)c1ccccc21. The number of nitrogens with one attached hydrogen (secondary N) is 1. The number of hydrogen-bond donors (Lipinski definition) is 1. The molecule has 0 fully saturated rings. The van der Waals surface area contributed by atoms with Gasteiger partial charge < -0.3 is 0 Å². The lowest BCUT2D eigenvalue weighted by Crippen LogP contribution is -2.20. The summed E-state index contributed by atoms with van der Waals surface area (Å²) in [6.07, 6.45) is 0. The highest BCUT2D eigenvalue weighted by molar-refractivity contribution is 9.13. The fourth-order valence-electron chi connectivity index (χ4n) is 2.04. The smallest absolute Gasteiger partial charge is 0.260 e. The number of amides is 2. The Bertz CT molecular complexity index is 694. The number of imide groups is 1. The van der Waals surface area contributed by atoms with Crippen LogP contribution in [0, 0.1) is 0 Å². The van der Waals surface area contributed by atoms with E-state index in [1.54, 1.807) is 0 Å². The molecule has 2 aromatic rings. The van der Waals surface area contributed by atoms with Crippen molar-refractivity contribution in [2.24, 2.45) is 0 Å². The molecule has 0 bridgehead atoms. The van der Waals surface area contributed by atoms with E-state index < -0.39 is 0 Å². The van der Waals surface area contributed by atoms with E-state index in [9.17, 15) is 9.59 Å². The first-order chi connectivity index (χ1) is 8.11. The second-order valence-electron chi connectivity index (χ2n) is 3.71. The van der Waals surface area contributed by atoms with Gasteiger partial charge in [0.25, 0.3) is 11.8 Å². The van der Waals surface area contributed by atoms with Gasteiger partial charge in [-0.2, -0.15) is 0 Å². The molecular weight excluding hydrogens is 350 g/mol. The predicted molar refractivity (Wildman–Crippen MR) is 71.1 cm³/mol. The van der Waals surface area contributed by atoms with Gasteiger partial charge in [0.2, 0.25) is 0 Å². The van der Waals surface area contributed by atoms with E-state index in [0.29, 0.717) is 15.6 Å². The van der Waals surface area contributed by atoms with Gasteiger partial charge in [-0.25, -0.2) is 0 Å². The van der Waals surface area contributed by atoms with Crippen LogP contribution in [0.4, 0.5) is 0 Å². The largest absolute Gasteiger partial charge is 0.288 e. The zero-order chi connectivity index (χ0) is 12.2. The van der Waals surface area contributed by atoms with Gasteiger partial charge in [0.05, 0.1) is 11.1 Å². The van der Waals surface area contributed by atoms with Gasteiger partial charge in [0, 0.05) is 8.95 Å². The van der Waals surface area contributed by atoms with Crippen LogP contribution < -0.4 is 5.32 Å². The Morgan fingerprint density at radius 3 is 2.12 bits per heavy atom. The first-order valence-corrected chi connectivity index (χ1v) is 6.45. The standard InChI is InChI=1S/C12H5Br2NO2/c13-9-6-4-2-1-3-5(6)7-8(10(9)14)12(17)15-11(7)16/h1-4H,(H,15,16,17). The molecule has 1 heterocycles. The fraction of sp³-hybridized carbons (Fsp3) is 0. The molecule has 1 aliphatic heterocycles. The van der Waals surface area contributed by atoms with Crippen molar-refractivity contribution >= 4 is 54.4 Å². The molecule has 1 N–H and O–H groups in total. The highest BCUT2D eigenvalue weighted by atomic mass is 79.9. The predicted octanol–water partition coefficient (Wildman–Crippen LogP) is 3.25. The maximum Gasteiger partial charge on any atom is 0.260 e. The average molecular weight is 355 g/mol. The highest BCUT2D eigenvalue weighted by Crippen LogP contribution is 2.39. The lowest BCUT2D eigenvalue weighted by molar-refractivity contribution is 0.0880. The molecule has 3 nitrogen and oxygen atoms in total. The minimum absolute atomic E-state index is 0.339. The molecule has 2 aromatic carbocycles. The molecule has 17 heavy (non-hydrogen) atoms. The number of carbonyl (C=O) groups is 2. The highest BCUT2D eigenvalue weighted by Gasteiger charge is 2.32. The molecule has 0 atom stereocenters. The van der Waals surface area contributed by atoms with Gasteiger partial charge >= 0.3 is 0 Å². The number of benzene rings is 2. The molecule has 2 amide bonds. The third kappa shape index (κ3) is 1.39. The van der Waals surface area contributed by atoms with Gasteiger partial charge in [0.1, 0.15) is 0 Å². The van der Waals surface area contributed by atoms with Crippen LogP contribution in [0.1, 0.15) is 20.7 Å². The molecule has 0 aromatic heterocycles.